The largest absolute Gasteiger partial charge is 0.443 e. The van der Waals surface area contributed by atoms with Crippen molar-refractivity contribution in [2.45, 2.75) is 6.18 Å². The number of hydrogen-bond donors (Lipinski definition) is 2. The maximum Gasteiger partial charge on any atom is 0.443 e. The highest BCUT2D eigenvalue weighted by Gasteiger charge is 2.37. The number of carbonyl (C=O) groups is 1. The number of para-hydroxylation sites is 1. The monoisotopic (exact) mass is 321 g/mol. The van der Waals surface area contributed by atoms with Gasteiger partial charge in [0.05, 0.1) is 10.7 Å². The van der Waals surface area contributed by atoms with Gasteiger partial charge in [-0.2, -0.15) is 13.2 Å². The van der Waals surface area contributed by atoms with E-state index in [1.165, 1.54) is 0 Å². The third kappa shape index (κ3) is 3.02. The number of rotatable bonds is 3. The highest BCUT2D eigenvalue weighted by Crippen LogP contribution is 2.37. The zero-order valence-electron chi connectivity index (χ0n) is 9.66. The Labute approximate surface area is 120 Å². The Balaban J connectivity index is 2.43. The van der Waals surface area contributed by atoms with Gasteiger partial charge in [-0.1, -0.05) is 23.7 Å². The van der Waals surface area contributed by atoms with E-state index in [2.05, 4.69) is 10.3 Å². The Hall–Kier alpha value is -1.80. The average Bonchev–Trinajstić information content (AvgIpc) is 2.76. The molecule has 1 aromatic carbocycles. The smallest absolute Gasteiger partial charge is 0.365 e. The second kappa shape index (κ2) is 5.29. The summed E-state index contributed by atoms with van der Waals surface area (Å²) in [6.07, 6.45) is -4.64. The van der Waals surface area contributed by atoms with E-state index in [1.807, 2.05) is 0 Å². The van der Waals surface area contributed by atoms with Crippen molar-refractivity contribution in [3.05, 3.63) is 39.2 Å². The Morgan fingerprint density at radius 3 is 2.55 bits per heavy atom. The van der Waals surface area contributed by atoms with Crippen molar-refractivity contribution in [3.8, 4) is 0 Å². The van der Waals surface area contributed by atoms with Crippen molar-refractivity contribution in [1.29, 1.82) is 0 Å². The molecule has 9 heteroatoms. The Bertz CT molecular complexity index is 657. The predicted molar refractivity (Wildman–Crippen MR) is 70.4 cm³/mol. The molecule has 0 saturated heterocycles. The van der Waals surface area contributed by atoms with E-state index in [4.69, 9.17) is 17.3 Å². The van der Waals surface area contributed by atoms with Gasteiger partial charge in [0.2, 0.25) is 5.01 Å². The molecule has 20 heavy (non-hydrogen) atoms. The summed E-state index contributed by atoms with van der Waals surface area (Å²) in [6.45, 7) is 0. The fraction of sp³-hybridized carbons (Fsp3) is 0.0909. The number of anilines is 2. The van der Waals surface area contributed by atoms with Crippen molar-refractivity contribution in [3.63, 3.8) is 0 Å². The summed E-state index contributed by atoms with van der Waals surface area (Å²) in [4.78, 5) is 14.2. The SMILES string of the molecule is NC(=O)c1sc(C(F)(F)F)nc1Nc1ccccc1Cl. The Kier molecular flexibility index (Phi) is 3.87. The van der Waals surface area contributed by atoms with Crippen LogP contribution in [0.1, 0.15) is 14.7 Å². The molecule has 0 unspecified atom stereocenters. The van der Waals surface area contributed by atoms with E-state index in [0.717, 1.165) is 0 Å². The minimum atomic E-state index is -4.64. The molecular formula is C11H7ClF3N3OS. The van der Waals surface area contributed by atoms with E-state index < -0.39 is 17.1 Å². The van der Waals surface area contributed by atoms with Crippen LogP contribution in [0.15, 0.2) is 24.3 Å². The second-order valence-electron chi connectivity index (χ2n) is 3.66. The number of thiazole rings is 1. The molecule has 0 aliphatic rings. The van der Waals surface area contributed by atoms with Crippen LogP contribution >= 0.6 is 22.9 Å². The predicted octanol–water partition coefficient (Wildman–Crippen LogP) is 3.66. The molecular weight excluding hydrogens is 315 g/mol. The van der Waals surface area contributed by atoms with Gasteiger partial charge in [-0.15, -0.1) is 11.3 Å². The van der Waals surface area contributed by atoms with Crippen molar-refractivity contribution < 1.29 is 18.0 Å². The quantitative estimate of drug-likeness (QED) is 0.906. The maximum absolute atomic E-state index is 12.6. The number of alkyl halides is 3. The van der Waals surface area contributed by atoms with Crippen molar-refractivity contribution in [2.75, 3.05) is 5.32 Å². The zero-order valence-corrected chi connectivity index (χ0v) is 11.2. The normalized spacial score (nSPS) is 11.4. The van der Waals surface area contributed by atoms with Crippen molar-refractivity contribution >= 4 is 40.4 Å². The summed E-state index contributed by atoms with van der Waals surface area (Å²) in [5, 5.41) is 1.71. The van der Waals surface area contributed by atoms with E-state index in [-0.39, 0.29) is 27.1 Å². The van der Waals surface area contributed by atoms with Crippen LogP contribution in [0.5, 0.6) is 0 Å². The van der Waals surface area contributed by atoms with Gasteiger partial charge in [0, 0.05) is 0 Å². The standard InChI is InChI=1S/C11H7ClF3N3OS/c12-5-3-1-2-4-6(5)17-9-7(8(16)19)20-10(18-9)11(13,14)15/h1-4,17H,(H2,16,19). The number of nitrogens with one attached hydrogen (secondary N) is 1. The lowest BCUT2D eigenvalue weighted by molar-refractivity contribution is -0.137. The third-order valence-corrected chi connectivity index (χ3v) is 3.66. The first-order valence-electron chi connectivity index (χ1n) is 5.18. The molecule has 0 fully saturated rings. The first-order valence-corrected chi connectivity index (χ1v) is 6.38. The molecule has 0 aliphatic carbocycles. The molecule has 1 heterocycles. The minimum Gasteiger partial charge on any atom is -0.365 e. The van der Waals surface area contributed by atoms with Crippen LogP contribution in [0.25, 0.3) is 0 Å². The number of halogens is 4. The number of benzene rings is 1. The molecule has 0 atom stereocenters. The fourth-order valence-corrected chi connectivity index (χ4v) is 2.31. The lowest BCUT2D eigenvalue weighted by atomic mass is 10.3. The molecule has 3 N–H and O–H groups in total. The maximum atomic E-state index is 12.6. The highest BCUT2D eigenvalue weighted by molar-refractivity contribution is 7.14. The topological polar surface area (TPSA) is 68.0 Å². The molecule has 106 valence electrons. The van der Waals surface area contributed by atoms with Gasteiger partial charge < -0.3 is 11.1 Å². The summed E-state index contributed by atoms with van der Waals surface area (Å²) < 4.78 is 37.8. The number of carbonyl (C=O) groups excluding carboxylic acids is 1. The zero-order chi connectivity index (χ0) is 14.9. The number of nitrogens with zero attached hydrogens (tertiary/aromatic N) is 1. The first kappa shape index (κ1) is 14.6. The summed E-state index contributed by atoms with van der Waals surface area (Å²) in [7, 11) is 0. The van der Waals surface area contributed by atoms with Gasteiger partial charge in [0.1, 0.15) is 4.88 Å². The molecule has 0 spiro atoms. The number of hydrogen-bond acceptors (Lipinski definition) is 4. The van der Waals surface area contributed by atoms with Gasteiger partial charge in [-0.05, 0) is 12.1 Å². The third-order valence-electron chi connectivity index (χ3n) is 2.22. The molecule has 0 saturated carbocycles. The minimum absolute atomic E-state index is 0.183. The molecule has 1 amide bonds. The average molecular weight is 322 g/mol. The number of amides is 1. The molecule has 0 bridgehead atoms. The summed E-state index contributed by atoms with van der Waals surface area (Å²) in [5.74, 6) is -1.25. The summed E-state index contributed by atoms with van der Waals surface area (Å²) >= 11 is 6.06. The van der Waals surface area contributed by atoms with Crippen molar-refractivity contribution in [2.24, 2.45) is 5.73 Å². The number of aromatic nitrogens is 1. The number of nitrogens with two attached hydrogens (primary N) is 1. The lowest BCUT2D eigenvalue weighted by Crippen LogP contribution is -2.11. The van der Waals surface area contributed by atoms with Crippen LogP contribution in [0.4, 0.5) is 24.7 Å². The molecule has 4 nitrogen and oxygen atoms in total. The van der Waals surface area contributed by atoms with Crippen LogP contribution in [0.2, 0.25) is 5.02 Å². The second-order valence-corrected chi connectivity index (χ2v) is 5.07. The Morgan fingerprint density at radius 2 is 2.00 bits per heavy atom. The van der Waals surface area contributed by atoms with Gasteiger partial charge in [-0.25, -0.2) is 4.98 Å². The molecule has 0 aliphatic heterocycles. The van der Waals surface area contributed by atoms with Crippen LogP contribution in [0, 0.1) is 0 Å². The molecule has 0 radical (unpaired) electrons. The van der Waals surface area contributed by atoms with Crippen molar-refractivity contribution in [1.82, 2.24) is 4.98 Å². The van der Waals surface area contributed by atoms with E-state index in [0.29, 0.717) is 5.69 Å². The number of primary amides is 1. The van der Waals surface area contributed by atoms with Crippen LogP contribution < -0.4 is 11.1 Å². The van der Waals surface area contributed by atoms with Gasteiger partial charge in [-0.3, -0.25) is 4.79 Å². The molecule has 1 aromatic heterocycles. The lowest BCUT2D eigenvalue weighted by Gasteiger charge is -2.06. The van der Waals surface area contributed by atoms with Gasteiger partial charge >= 0.3 is 6.18 Å². The van der Waals surface area contributed by atoms with E-state index in [9.17, 15) is 18.0 Å². The molecule has 2 rings (SSSR count). The van der Waals surface area contributed by atoms with Gasteiger partial charge in [0.25, 0.3) is 5.91 Å². The van der Waals surface area contributed by atoms with E-state index >= 15 is 0 Å². The Morgan fingerprint density at radius 1 is 1.35 bits per heavy atom. The molecule has 2 aromatic rings. The summed E-state index contributed by atoms with van der Waals surface area (Å²) in [5.41, 5.74) is 5.38. The first-order chi connectivity index (χ1) is 9.29. The van der Waals surface area contributed by atoms with Crippen LogP contribution in [0.3, 0.4) is 0 Å². The summed E-state index contributed by atoms with van der Waals surface area (Å²) in [6, 6.07) is 6.38. The highest BCUT2D eigenvalue weighted by atomic mass is 35.5. The fourth-order valence-electron chi connectivity index (χ4n) is 1.38. The van der Waals surface area contributed by atoms with E-state index in [1.54, 1.807) is 24.3 Å². The van der Waals surface area contributed by atoms with Crippen LogP contribution in [-0.4, -0.2) is 10.9 Å². The van der Waals surface area contributed by atoms with Crippen LogP contribution in [-0.2, 0) is 6.18 Å². The van der Waals surface area contributed by atoms with Gasteiger partial charge in [0.15, 0.2) is 5.82 Å².